The normalized spacial score (nSPS) is 19.4. The summed E-state index contributed by atoms with van der Waals surface area (Å²) in [6.45, 7) is 0.523. The predicted molar refractivity (Wildman–Crippen MR) is 78.7 cm³/mol. The number of fused-ring (bicyclic) bond motifs is 1. The van der Waals surface area contributed by atoms with Crippen molar-refractivity contribution in [3.05, 3.63) is 42.1 Å². The number of rotatable bonds is 3. The number of nitrogens with zero attached hydrogens (tertiary/aromatic N) is 2. The third kappa shape index (κ3) is 2.88. The highest BCUT2D eigenvalue weighted by atomic mass is 32.2. The van der Waals surface area contributed by atoms with Crippen LogP contribution < -0.4 is 5.14 Å². The fourth-order valence-corrected chi connectivity index (χ4v) is 3.30. The standard InChI is InChI=1S/C14H15N3O3S/c15-21(19,20)12-7-14(18)17(9-12)8-10-3-4-11-2-1-5-16-13(11)6-10/h1-6,12H,7-9H2,(H2,15,19,20). The Morgan fingerprint density at radius 2 is 2.14 bits per heavy atom. The van der Waals surface area contributed by atoms with E-state index in [1.54, 1.807) is 6.20 Å². The zero-order chi connectivity index (χ0) is 15.0. The van der Waals surface area contributed by atoms with Gasteiger partial charge in [-0.3, -0.25) is 9.78 Å². The molecule has 1 aromatic carbocycles. The van der Waals surface area contributed by atoms with E-state index >= 15 is 0 Å². The van der Waals surface area contributed by atoms with E-state index in [1.807, 2.05) is 30.3 Å². The minimum absolute atomic E-state index is 0.0370. The molecular formula is C14H15N3O3S. The number of likely N-dealkylation sites (tertiary alicyclic amines) is 1. The molecule has 1 aromatic heterocycles. The molecule has 110 valence electrons. The SMILES string of the molecule is NS(=O)(=O)C1CC(=O)N(Cc2ccc3cccnc3c2)C1. The van der Waals surface area contributed by atoms with Gasteiger partial charge in [-0.15, -0.1) is 0 Å². The average Bonchev–Trinajstić information content (AvgIpc) is 2.80. The van der Waals surface area contributed by atoms with Gasteiger partial charge in [-0.2, -0.15) is 0 Å². The second kappa shape index (κ2) is 5.09. The molecule has 2 aromatic rings. The van der Waals surface area contributed by atoms with Crippen molar-refractivity contribution in [3.63, 3.8) is 0 Å². The van der Waals surface area contributed by atoms with Crippen LogP contribution in [0, 0.1) is 0 Å². The summed E-state index contributed by atoms with van der Waals surface area (Å²) in [7, 11) is -3.67. The van der Waals surface area contributed by atoms with E-state index in [0.717, 1.165) is 16.5 Å². The second-order valence-corrected chi connectivity index (χ2v) is 7.06. The number of pyridine rings is 1. The van der Waals surface area contributed by atoms with Crippen molar-refractivity contribution in [1.82, 2.24) is 9.88 Å². The Morgan fingerprint density at radius 1 is 1.33 bits per heavy atom. The fourth-order valence-electron chi connectivity index (χ4n) is 2.54. The summed E-state index contributed by atoms with van der Waals surface area (Å²) in [6.07, 6.45) is 1.68. The van der Waals surface area contributed by atoms with E-state index in [0.29, 0.717) is 6.54 Å². The van der Waals surface area contributed by atoms with Gasteiger partial charge in [0.15, 0.2) is 0 Å². The van der Waals surface area contributed by atoms with E-state index < -0.39 is 15.3 Å². The Bertz CT molecular complexity index is 804. The Labute approximate surface area is 122 Å². The molecule has 1 unspecified atom stereocenters. The number of carbonyl (C=O) groups excluding carboxylic acids is 1. The predicted octanol–water partition coefficient (Wildman–Crippen LogP) is 0.624. The third-order valence-electron chi connectivity index (χ3n) is 3.69. The van der Waals surface area contributed by atoms with Crippen LogP contribution in [0.1, 0.15) is 12.0 Å². The van der Waals surface area contributed by atoms with Crippen molar-refractivity contribution in [2.24, 2.45) is 5.14 Å². The summed E-state index contributed by atoms with van der Waals surface area (Å²) >= 11 is 0. The Kier molecular flexibility index (Phi) is 3.38. The molecule has 21 heavy (non-hydrogen) atoms. The molecule has 6 nitrogen and oxygen atoms in total. The van der Waals surface area contributed by atoms with Gasteiger partial charge in [-0.25, -0.2) is 13.6 Å². The number of primary sulfonamides is 1. The largest absolute Gasteiger partial charge is 0.337 e. The van der Waals surface area contributed by atoms with Gasteiger partial charge in [-0.05, 0) is 17.7 Å². The van der Waals surface area contributed by atoms with Crippen LogP contribution in [-0.2, 0) is 21.4 Å². The lowest BCUT2D eigenvalue weighted by molar-refractivity contribution is -0.128. The maximum Gasteiger partial charge on any atom is 0.224 e. The summed E-state index contributed by atoms with van der Waals surface area (Å²) < 4.78 is 22.7. The van der Waals surface area contributed by atoms with Crippen LogP contribution in [0.15, 0.2) is 36.5 Å². The third-order valence-corrected chi connectivity index (χ3v) is 4.93. The van der Waals surface area contributed by atoms with Crippen LogP contribution in [0.2, 0.25) is 0 Å². The summed E-state index contributed by atoms with van der Waals surface area (Å²) in [5.74, 6) is -0.185. The average molecular weight is 305 g/mol. The molecule has 3 rings (SSSR count). The number of nitrogens with two attached hydrogens (primary N) is 1. The highest BCUT2D eigenvalue weighted by molar-refractivity contribution is 7.89. The molecule has 1 aliphatic rings. The van der Waals surface area contributed by atoms with Crippen molar-refractivity contribution in [2.45, 2.75) is 18.2 Å². The van der Waals surface area contributed by atoms with Crippen molar-refractivity contribution in [3.8, 4) is 0 Å². The molecular weight excluding hydrogens is 290 g/mol. The minimum atomic E-state index is -3.67. The van der Waals surface area contributed by atoms with Gasteiger partial charge in [0.2, 0.25) is 15.9 Å². The Balaban J connectivity index is 1.81. The number of aromatic nitrogens is 1. The molecule has 0 aliphatic carbocycles. The monoisotopic (exact) mass is 305 g/mol. The van der Waals surface area contributed by atoms with E-state index in [9.17, 15) is 13.2 Å². The topological polar surface area (TPSA) is 93.4 Å². The molecule has 1 saturated heterocycles. The van der Waals surface area contributed by atoms with Crippen LogP contribution >= 0.6 is 0 Å². The van der Waals surface area contributed by atoms with E-state index in [-0.39, 0.29) is 18.9 Å². The highest BCUT2D eigenvalue weighted by Crippen LogP contribution is 2.20. The Morgan fingerprint density at radius 3 is 2.86 bits per heavy atom. The van der Waals surface area contributed by atoms with Crippen LogP contribution in [0.5, 0.6) is 0 Å². The molecule has 2 N–H and O–H groups in total. The summed E-state index contributed by atoms with van der Waals surface area (Å²) in [6, 6.07) is 9.59. The molecule has 1 fully saturated rings. The molecule has 1 aliphatic heterocycles. The van der Waals surface area contributed by atoms with Gasteiger partial charge in [0.25, 0.3) is 0 Å². The fraction of sp³-hybridized carbons (Fsp3) is 0.286. The van der Waals surface area contributed by atoms with Gasteiger partial charge in [0.05, 0.1) is 5.52 Å². The zero-order valence-corrected chi connectivity index (χ0v) is 12.1. The second-order valence-electron chi connectivity index (χ2n) is 5.22. The molecule has 2 heterocycles. The number of amides is 1. The number of carbonyl (C=O) groups is 1. The summed E-state index contributed by atoms with van der Waals surface area (Å²) in [5, 5.41) is 5.34. The molecule has 0 radical (unpaired) electrons. The maximum absolute atomic E-state index is 11.9. The molecule has 0 bridgehead atoms. The van der Waals surface area contributed by atoms with Gasteiger partial charge in [0, 0.05) is 31.1 Å². The molecule has 0 spiro atoms. The van der Waals surface area contributed by atoms with E-state index in [1.165, 1.54) is 4.90 Å². The van der Waals surface area contributed by atoms with Gasteiger partial charge < -0.3 is 4.90 Å². The van der Waals surface area contributed by atoms with Crippen LogP contribution in [-0.4, -0.2) is 36.0 Å². The number of hydrogen-bond acceptors (Lipinski definition) is 4. The number of benzene rings is 1. The lowest BCUT2D eigenvalue weighted by atomic mass is 10.1. The highest BCUT2D eigenvalue weighted by Gasteiger charge is 2.36. The lowest BCUT2D eigenvalue weighted by Gasteiger charge is -2.16. The first-order valence-corrected chi connectivity index (χ1v) is 8.17. The molecule has 7 heteroatoms. The van der Waals surface area contributed by atoms with Crippen molar-refractivity contribution < 1.29 is 13.2 Å². The number of hydrogen-bond donors (Lipinski definition) is 1. The van der Waals surface area contributed by atoms with Crippen LogP contribution in [0.4, 0.5) is 0 Å². The zero-order valence-electron chi connectivity index (χ0n) is 11.3. The van der Waals surface area contributed by atoms with Crippen LogP contribution in [0.25, 0.3) is 10.9 Å². The Hall–Kier alpha value is -1.99. The number of sulfonamides is 1. The van der Waals surface area contributed by atoms with Gasteiger partial charge in [-0.1, -0.05) is 18.2 Å². The van der Waals surface area contributed by atoms with E-state index in [2.05, 4.69) is 4.98 Å². The first-order valence-electron chi connectivity index (χ1n) is 6.56. The lowest BCUT2D eigenvalue weighted by Crippen LogP contribution is -2.31. The first-order chi connectivity index (χ1) is 9.93. The molecule has 1 amide bonds. The molecule has 1 atom stereocenters. The van der Waals surface area contributed by atoms with Gasteiger partial charge >= 0.3 is 0 Å². The quantitative estimate of drug-likeness (QED) is 0.899. The first kappa shape index (κ1) is 14.0. The van der Waals surface area contributed by atoms with Crippen LogP contribution in [0.3, 0.4) is 0 Å². The van der Waals surface area contributed by atoms with E-state index in [4.69, 9.17) is 5.14 Å². The van der Waals surface area contributed by atoms with Gasteiger partial charge in [0.1, 0.15) is 5.25 Å². The molecule has 0 saturated carbocycles. The minimum Gasteiger partial charge on any atom is -0.337 e. The summed E-state index contributed by atoms with van der Waals surface area (Å²) in [4.78, 5) is 17.7. The van der Waals surface area contributed by atoms with Crippen molar-refractivity contribution in [2.75, 3.05) is 6.54 Å². The van der Waals surface area contributed by atoms with Crippen molar-refractivity contribution in [1.29, 1.82) is 0 Å². The van der Waals surface area contributed by atoms with Crippen molar-refractivity contribution >= 4 is 26.8 Å². The maximum atomic E-state index is 11.9. The summed E-state index contributed by atoms with van der Waals surface area (Å²) in [5.41, 5.74) is 1.77. The smallest absolute Gasteiger partial charge is 0.224 e.